The van der Waals surface area contributed by atoms with Gasteiger partial charge in [0.05, 0.1) is 11.1 Å². The molecule has 2 atom stereocenters. The highest BCUT2D eigenvalue weighted by atomic mass is 32.1. The number of hydrogen-bond acceptors (Lipinski definition) is 4. The standard InChI is InChI=1S/C13H22N2OS/c1-4-14-9-13(5-6-16-10(13)2)7-12-8-15-11(3)17-12/h8,10,14H,4-7,9H2,1-3H3. The van der Waals surface area contributed by atoms with Gasteiger partial charge in [0.25, 0.3) is 0 Å². The summed E-state index contributed by atoms with van der Waals surface area (Å²) in [7, 11) is 0. The van der Waals surface area contributed by atoms with Gasteiger partial charge in [-0.3, -0.25) is 0 Å². The second-order valence-electron chi connectivity index (χ2n) is 4.93. The molecule has 0 radical (unpaired) electrons. The fraction of sp³-hybridized carbons (Fsp3) is 0.769. The van der Waals surface area contributed by atoms with Gasteiger partial charge < -0.3 is 10.1 Å². The van der Waals surface area contributed by atoms with Gasteiger partial charge >= 0.3 is 0 Å². The molecule has 2 unspecified atom stereocenters. The summed E-state index contributed by atoms with van der Waals surface area (Å²) in [6, 6.07) is 0. The lowest BCUT2D eigenvalue weighted by atomic mass is 9.78. The molecular formula is C13H22N2OS. The maximum atomic E-state index is 5.79. The summed E-state index contributed by atoms with van der Waals surface area (Å²) in [6.45, 7) is 9.39. The van der Waals surface area contributed by atoms with E-state index in [-0.39, 0.29) is 5.41 Å². The van der Waals surface area contributed by atoms with Crippen LogP contribution in [0.3, 0.4) is 0 Å². The van der Waals surface area contributed by atoms with E-state index in [1.54, 1.807) is 0 Å². The topological polar surface area (TPSA) is 34.2 Å². The highest BCUT2D eigenvalue weighted by Crippen LogP contribution is 2.38. The molecule has 1 N–H and O–H groups in total. The first-order valence-corrected chi connectivity index (χ1v) is 7.21. The molecule has 2 heterocycles. The van der Waals surface area contributed by atoms with Crippen LogP contribution in [0.25, 0.3) is 0 Å². The molecule has 1 aliphatic rings. The van der Waals surface area contributed by atoms with Crippen LogP contribution in [0.1, 0.15) is 30.2 Å². The molecule has 17 heavy (non-hydrogen) atoms. The number of thiazole rings is 1. The van der Waals surface area contributed by atoms with Crippen molar-refractivity contribution in [1.29, 1.82) is 0 Å². The Hall–Kier alpha value is -0.450. The number of aromatic nitrogens is 1. The molecule has 0 spiro atoms. The van der Waals surface area contributed by atoms with E-state index >= 15 is 0 Å². The zero-order valence-corrected chi connectivity index (χ0v) is 11.8. The molecule has 2 rings (SSSR count). The van der Waals surface area contributed by atoms with Crippen molar-refractivity contribution in [1.82, 2.24) is 10.3 Å². The van der Waals surface area contributed by atoms with Crippen LogP contribution in [0.5, 0.6) is 0 Å². The van der Waals surface area contributed by atoms with Crippen LogP contribution in [0.2, 0.25) is 0 Å². The average Bonchev–Trinajstić information content (AvgIpc) is 2.85. The maximum Gasteiger partial charge on any atom is 0.0896 e. The van der Waals surface area contributed by atoms with Crippen molar-refractivity contribution in [2.24, 2.45) is 5.41 Å². The first kappa shape index (κ1) is 13.0. The average molecular weight is 254 g/mol. The van der Waals surface area contributed by atoms with Gasteiger partial charge in [-0.25, -0.2) is 4.98 Å². The third-order valence-electron chi connectivity index (χ3n) is 3.75. The summed E-state index contributed by atoms with van der Waals surface area (Å²) in [4.78, 5) is 5.74. The monoisotopic (exact) mass is 254 g/mol. The third-order valence-corrected chi connectivity index (χ3v) is 4.67. The predicted molar refractivity (Wildman–Crippen MR) is 71.6 cm³/mol. The van der Waals surface area contributed by atoms with E-state index in [4.69, 9.17) is 4.74 Å². The molecule has 0 aliphatic carbocycles. The molecule has 1 fully saturated rings. The molecule has 1 saturated heterocycles. The fourth-order valence-electron chi connectivity index (χ4n) is 2.55. The summed E-state index contributed by atoms with van der Waals surface area (Å²) in [5.41, 5.74) is 0.259. The minimum absolute atomic E-state index is 0.259. The molecule has 0 bridgehead atoms. The SMILES string of the molecule is CCNCC1(Cc2cnc(C)s2)CCOC1C. The van der Waals surface area contributed by atoms with Crippen LogP contribution < -0.4 is 5.32 Å². The van der Waals surface area contributed by atoms with E-state index in [2.05, 4.69) is 31.1 Å². The van der Waals surface area contributed by atoms with Crippen LogP contribution in [0.4, 0.5) is 0 Å². The number of ether oxygens (including phenoxy) is 1. The number of rotatable bonds is 5. The smallest absolute Gasteiger partial charge is 0.0896 e. The van der Waals surface area contributed by atoms with E-state index in [0.29, 0.717) is 6.10 Å². The van der Waals surface area contributed by atoms with Crippen LogP contribution in [-0.2, 0) is 11.2 Å². The molecular weight excluding hydrogens is 232 g/mol. The molecule has 1 aromatic rings. The lowest BCUT2D eigenvalue weighted by Crippen LogP contribution is -2.41. The van der Waals surface area contributed by atoms with Gasteiger partial charge in [0.2, 0.25) is 0 Å². The second-order valence-corrected chi connectivity index (χ2v) is 6.25. The Balaban J connectivity index is 2.10. The Morgan fingerprint density at radius 3 is 3.00 bits per heavy atom. The van der Waals surface area contributed by atoms with Crippen molar-refractivity contribution < 1.29 is 4.74 Å². The summed E-state index contributed by atoms with van der Waals surface area (Å²) < 4.78 is 5.79. The summed E-state index contributed by atoms with van der Waals surface area (Å²) in [5.74, 6) is 0. The summed E-state index contributed by atoms with van der Waals surface area (Å²) in [6.07, 6.45) is 4.60. The van der Waals surface area contributed by atoms with E-state index in [1.807, 2.05) is 17.5 Å². The molecule has 1 aromatic heterocycles. The van der Waals surface area contributed by atoms with Crippen molar-refractivity contribution in [2.75, 3.05) is 19.7 Å². The molecule has 0 aromatic carbocycles. The third kappa shape index (κ3) is 2.87. The molecule has 3 nitrogen and oxygen atoms in total. The molecule has 4 heteroatoms. The number of nitrogens with one attached hydrogen (secondary N) is 1. The summed E-state index contributed by atoms with van der Waals surface area (Å²) >= 11 is 1.81. The zero-order chi connectivity index (χ0) is 12.3. The van der Waals surface area contributed by atoms with Gasteiger partial charge in [-0.15, -0.1) is 11.3 Å². The van der Waals surface area contributed by atoms with Crippen molar-refractivity contribution in [3.63, 3.8) is 0 Å². The Labute approximate surface area is 108 Å². The first-order chi connectivity index (χ1) is 8.16. The van der Waals surface area contributed by atoms with Crippen LogP contribution in [-0.4, -0.2) is 30.8 Å². The highest BCUT2D eigenvalue weighted by molar-refractivity contribution is 7.11. The van der Waals surface area contributed by atoms with Crippen molar-refractivity contribution in [3.8, 4) is 0 Å². The molecule has 0 amide bonds. The number of hydrogen-bond donors (Lipinski definition) is 1. The normalized spacial score (nSPS) is 28.8. The number of aryl methyl sites for hydroxylation is 1. The molecule has 96 valence electrons. The van der Waals surface area contributed by atoms with Crippen molar-refractivity contribution in [2.45, 2.75) is 39.7 Å². The maximum absolute atomic E-state index is 5.79. The quantitative estimate of drug-likeness (QED) is 0.876. The molecule has 0 saturated carbocycles. The Kier molecular flexibility index (Phi) is 4.17. The minimum atomic E-state index is 0.259. The van der Waals surface area contributed by atoms with Gasteiger partial charge in [-0.05, 0) is 33.2 Å². The van der Waals surface area contributed by atoms with Crippen LogP contribution >= 0.6 is 11.3 Å². The largest absolute Gasteiger partial charge is 0.378 e. The highest BCUT2D eigenvalue weighted by Gasteiger charge is 2.41. The van der Waals surface area contributed by atoms with E-state index < -0.39 is 0 Å². The van der Waals surface area contributed by atoms with E-state index in [1.165, 1.54) is 4.88 Å². The predicted octanol–water partition coefficient (Wildman–Crippen LogP) is 2.40. The second kappa shape index (κ2) is 5.46. The first-order valence-electron chi connectivity index (χ1n) is 6.40. The molecule has 1 aliphatic heterocycles. The van der Waals surface area contributed by atoms with Gasteiger partial charge in [-0.2, -0.15) is 0 Å². The van der Waals surface area contributed by atoms with Crippen molar-refractivity contribution in [3.05, 3.63) is 16.1 Å². The minimum Gasteiger partial charge on any atom is -0.378 e. The van der Waals surface area contributed by atoms with Crippen LogP contribution in [0, 0.1) is 12.3 Å². The fourth-order valence-corrected chi connectivity index (χ4v) is 3.50. The van der Waals surface area contributed by atoms with Gasteiger partial charge in [0.15, 0.2) is 0 Å². The van der Waals surface area contributed by atoms with Gasteiger partial charge in [-0.1, -0.05) is 6.92 Å². The number of nitrogens with zero attached hydrogens (tertiary/aromatic N) is 1. The Bertz CT molecular complexity index is 366. The Morgan fingerprint density at radius 2 is 2.47 bits per heavy atom. The lowest BCUT2D eigenvalue weighted by molar-refractivity contribution is 0.0636. The van der Waals surface area contributed by atoms with E-state index in [0.717, 1.165) is 37.5 Å². The van der Waals surface area contributed by atoms with E-state index in [9.17, 15) is 0 Å². The Morgan fingerprint density at radius 1 is 1.65 bits per heavy atom. The van der Waals surface area contributed by atoms with Crippen LogP contribution in [0.15, 0.2) is 6.20 Å². The zero-order valence-electron chi connectivity index (χ0n) is 11.0. The van der Waals surface area contributed by atoms with Gasteiger partial charge in [0.1, 0.15) is 0 Å². The summed E-state index contributed by atoms with van der Waals surface area (Å²) in [5, 5.41) is 4.65. The lowest BCUT2D eigenvalue weighted by Gasteiger charge is -2.32. The van der Waals surface area contributed by atoms with Crippen molar-refractivity contribution >= 4 is 11.3 Å². The van der Waals surface area contributed by atoms with Gasteiger partial charge in [0, 0.05) is 29.6 Å².